The van der Waals surface area contributed by atoms with Gasteiger partial charge in [-0.3, -0.25) is 15.1 Å². The molecule has 0 N–H and O–H groups in total. The zero-order valence-electron chi connectivity index (χ0n) is 7.45. The first-order valence-electron chi connectivity index (χ1n) is 3.81. The first-order chi connectivity index (χ1) is 6.65. The van der Waals surface area contributed by atoms with Crippen molar-refractivity contribution in [3.63, 3.8) is 0 Å². The molecule has 5 heteroatoms. The Labute approximate surface area is 89.6 Å². The molecule has 0 unspecified atom stereocenters. The van der Waals surface area contributed by atoms with Crippen molar-refractivity contribution in [3.8, 4) is 11.8 Å². The molecule has 0 aromatic carbocycles. The number of nitro groups is 1. The first-order valence-corrected chi connectivity index (χ1v) is 4.93. The zero-order valence-corrected chi connectivity index (χ0v) is 9.04. The van der Waals surface area contributed by atoms with Gasteiger partial charge in [-0.1, -0.05) is 27.8 Å². The van der Waals surface area contributed by atoms with Crippen LogP contribution in [-0.4, -0.2) is 15.2 Å². The quantitative estimate of drug-likeness (QED) is 0.334. The summed E-state index contributed by atoms with van der Waals surface area (Å²) in [5.74, 6) is 5.51. The summed E-state index contributed by atoms with van der Waals surface area (Å²) in [5.41, 5.74) is 0.965. The Hall–Kier alpha value is -1.41. The third-order valence-electron chi connectivity index (χ3n) is 1.56. The van der Waals surface area contributed by atoms with E-state index in [1.807, 2.05) is 0 Å². The Morgan fingerprint density at radius 3 is 3.00 bits per heavy atom. The number of rotatable bonds is 1. The predicted molar refractivity (Wildman–Crippen MR) is 56.3 cm³/mol. The van der Waals surface area contributed by atoms with Crippen molar-refractivity contribution < 1.29 is 4.92 Å². The maximum atomic E-state index is 10.6. The van der Waals surface area contributed by atoms with E-state index in [1.54, 1.807) is 6.92 Å². The Morgan fingerprint density at radius 1 is 1.71 bits per heavy atom. The molecule has 0 aliphatic heterocycles. The van der Waals surface area contributed by atoms with E-state index in [4.69, 9.17) is 0 Å². The molecule has 0 bridgehead atoms. The topological polar surface area (TPSA) is 56.0 Å². The number of aromatic nitrogens is 1. The largest absolute Gasteiger partial charge is 0.291 e. The lowest BCUT2D eigenvalue weighted by molar-refractivity contribution is -0.385. The number of halogens is 1. The molecule has 0 radical (unpaired) electrons. The highest BCUT2D eigenvalue weighted by molar-refractivity contribution is 9.09. The molecule has 1 aromatic heterocycles. The van der Waals surface area contributed by atoms with E-state index in [-0.39, 0.29) is 5.69 Å². The highest BCUT2D eigenvalue weighted by atomic mass is 79.9. The lowest BCUT2D eigenvalue weighted by atomic mass is 10.2. The van der Waals surface area contributed by atoms with Crippen molar-refractivity contribution in [1.29, 1.82) is 0 Å². The van der Waals surface area contributed by atoms with Crippen molar-refractivity contribution in [2.45, 2.75) is 6.92 Å². The van der Waals surface area contributed by atoms with Gasteiger partial charge in [0.25, 0.3) is 5.69 Å². The van der Waals surface area contributed by atoms with Gasteiger partial charge in [0.2, 0.25) is 0 Å². The summed E-state index contributed by atoms with van der Waals surface area (Å²) in [7, 11) is 0. The summed E-state index contributed by atoms with van der Waals surface area (Å²) < 4.78 is 0. The number of aryl methyl sites for hydroxylation is 1. The minimum atomic E-state index is -0.457. The standard InChI is InChI=1S/C9H7BrN2O2/c1-7-9(12(13)14)5-8(6-11-7)3-2-4-10/h5-6H,4H2,1H3. The molecule has 0 saturated carbocycles. The monoisotopic (exact) mass is 254 g/mol. The van der Waals surface area contributed by atoms with Crippen molar-refractivity contribution in [3.05, 3.63) is 33.6 Å². The molecule has 1 aromatic rings. The fourth-order valence-corrected chi connectivity index (χ4v) is 1.05. The third-order valence-corrected chi connectivity index (χ3v) is 1.84. The van der Waals surface area contributed by atoms with Crippen molar-refractivity contribution in [2.24, 2.45) is 0 Å². The second kappa shape index (κ2) is 4.72. The molecule has 0 aliphatic rings. The van der Waals surface area contributed by atoms with Gasteiger partial charge in [0.05, 0.1) is 10.3 Å². The van der Waals surface area contributed by atoms with Crippen LogP contribution in [0.25, 0.3) is 0 Å². The second-order valence-electron chi connectivity index (χ2n) is 2.52. The number of hydrogen-bond acceptors (Lipinski definition) is 3. The normalized spacial score (nSPS) is 9.00. The zero-order chi connectivity index (χ0) is 10.6. The fourth-order valence-electron chi connectivity index (χ4n) is 0.910. The van der Waals surface area contributed by atoms with E-state index in [0.717, 1.165) is 0 Å². The molecule has 72 valence electrons. The van der Waals surface area contributed by atoms with Crippen LogP contribution in [0.2, 0.25) is 0 Å². The molecule has 14 heavy (non-hydrogen) atoms. The van der Waals surface area contributed by atoms with Crippen LogP contribution in [0.15, 0.2) is 12.3 Å². The molecular formula is C9H7BrN2O2. The lowest BCUT2D eigenvalue weighted by Crippen LogP contribution is -1.94. The van der Waals surface area contributed by atoms with E-state index < -0.39 is 4.92 Å². The fraction of sp³-hybridized carbons (Fsp3) is 0.222. The lowest BCUT2D eigenvalue weighted by Gasteiger charge is -1.95. The van der Waals surface area contributed by atoms with Gasteiger partial charge in [0, 0.05) is 17.8 Å². The van der Waals surface area contributed by atoms with Crippen LogP contribution in [-0.2, 0) is 0 Å². The van der Waals surface area contributed by atoms with Gasteiger partial charge < -0.3 is 0 Å². The van der Waals surface area contributed by atoms with E-state index in [0.29, 0.717) is 16.6 Å². The number of pyridine rings is 1. The van der Waals surface area contributed by atoms with E-state index in [1.165, 1.54) is 12.3 Å². The SMILES string of the molecule is Cc1ncc(C#CCBr)cc1[N+](=O)[O-]. The molecule has 0 amide bonds. The van der Waals surface area contributed by atoms with Gasteiger partial charge in [-0.25, -0.2) is 0 Å². The molecule has 4 nitrogen and oxygen atoms in total. The highest BCUT2D eigenvalue weighted by Crippen LogP contribution is 2.15. The van der Waals surface area contributed by atoms with Crippen molar-refractivity contribution in [2.75, 3.05) is 5.33 Å². The molecule has 0 spiro atoms. The van der Waals surface area contributed by atoms with Gasteiger partial charge in [-0.05, 0) is 6.92 Å². The Bertz CT molecular complexity index is 421. The summed E-state index contributed by atoms with van der Waals surface area (Å²) in [6.45, 7) is 1.60. The van der Waals surface area contributed by atoms with Crippen LogP contribution in [0.3, 0.4) is 0 Å². The van der Waals surface area contributed by atoms with Gasteiger partial charge >= 0.3 is 0 Å². The Kier molecular flexibility index (Phi) is 3.60. The maximum Gasteiger partial charge on any atom is 0.291 e. The Morgan fingerprint density at radius 2 is 2.43 bits per heavy atom. The van der Waals surface area contributed by atoms with Crippen LogP contribution in [0, 0.1) is 28.9 Å². The minimum absolute atomic E-state index is 0.00590. The summed E-state index contributed by atoms with van der Waals surface area (Å²) in [6.07, 6.45) is 1.53. The molecule has 1 heterocycles. The van der Waals surface area contributed by atoms with E-state index in [9.17, 15) is 10.1 Å². The number of alkyl halides is 1. The highest BCUT2D eigenvalue weighted by Gasteiger charge is 2.11. The van der Waals surface area contributed by atoms with Gasteiger partial charge in [-0.15, -0.1) is 0 Å². The summed E-state index contributed by atoms with van der Waals surface area (Å²) in [5, 5.41) is 11.1. The van der Waals surface area contributed by atoms with Crippen LogP contribution in [0.4, 0.5) is 5.69 Å². The number of nitrogens with zero attached hydrogens (tertiary/aromatic N) is 2. The maximum absolute atomic E-state index is 10.6. The Balaban J connectivity index is 3.13. The van der Waals surface area contributed by atoms with E-state index in [2.05, 4.69) is 32.8 Å². The van der Waals surface area contributed by atoms with Gasteiger partial charge in [0.1, 0.15) is 5.69 Å². The first kappa shape index (κ1) is 10.7. The van der Waals surface area contributed by atoms with Crippen molar-refractivity contribution in [1.82, 2.24) is 4.98 Å². The molecule has 0 aliphatic carbocycles. The van der Waals surface area contributed by atoms with Gasteiger partial charge in [-0.2, -0.15) is 0 Å². The van der Waals surface area contributed by atoms with E-state index >= 15 is 0 Å². The molecule has 0 saturated heterocycles. The van der Waals surface area contributed by atoms with Gasteiger partial charge in [0.15, 0.2) is 0 Å². The third kappa shape index (κ3) is 2.54. The minimum Gasteiger partial charge on any atom is -0.258 e. The van der Waals surface area contributed by atoms with Crippen LogP contribution in [0.1, 0.15) is 11.3 Å². The molecule has 0 fully saturated rings. The molecular weight excluding hydrogens is 248 g/mol. The summed E-state index contributed by atoms with van der Waals surface area (Å²) in [6, 6.07) is 1.43. The molecule has 1 rings (SSSR count). The second-order valence-corrected chi connectivity index (χ2v) is 3.08. The average molecular weight is 255 g/mol. The van der Waals surface area contributed by atoms with Crippen LogP contribution >= 0.6 is 15.9 Å². The smallest absolute Gasteiger partial charge is 0.258 e. The summed E-state index contributed by atoms with van der Waals surface area (Å²) >= 11 is 3.14. The predicted octanol–water partition coefficient (Wildman–Crippen LogP) is 2.04. The van der Waals surface area contributed by atoms with Crippen LogP contribution < -0.4 is 0 Å². The number of hydrogen-bond donors (Lipinski definition) is 0. The average Bonchev–Trinajstić information content (AvgIpc) is 2.16. The van der Waals surface area contributed by atoms with Crippen molar-refractivity contribution >= 4 is 21.6 Å². The van der Waals surface area contributed by atoms with Crippen LogP contribution in [0.5, 0.6) is 0 Å². The molecule has 0 atom stereocenters. The summed E-state index contributed by atoms with van der Waals surface area (Å²) in [4.78, 5) is 14.0.